The molecule has 0 saturated heterocycles. The van der Waals surface area contributed by atoms with Crippen LogP contribution in [0.3, 0.4) is 0 Å². The lowest BCUT2D eigenvalue weighted by molar-refractivity contribution is -0.384. The Morgan fingerprint density at radius 3 is 2.76 bits per heavy atom. The fourth-order valence-corrected chi connectivity index (χ4v) is 2.39. The zero-order valence-corrected chi connectivity index (χ0v) is 13.4. The summed E-state index contributed by atoms with van der Waals surface area (Å²) in [5.74, 6) is 0.441. The van der Waals surface area contributed by atoms with E-state index in [0.717, 1.165) is 10.0 Å². The van der Waals surface area contributed by atoms with Crippen molar-refractivity contribution in [2.75, 3.05) is 12.4 Å². The van der Waals surface area contributed by atoms with Gasteiger partial charge in [0.1, 0.15) is 11.4 Å². The smallest absolute Gasteiger partial charge is 0.296 e. The molecule has 110 valence electrons. The van der Waals surface area contributed by atoms with Gasteiger partial charge < -0.3 is 10.1 Å². The van der Waals surface area contributed by atoms with Crippen molar-refractivity contribution < 1.29 is 9.66 Å². The lowest BCUT2D eigenvalue weighted by Gasteiger charge is -2.10. The first-order valence-electron chi connectivity index (χ1n) is 6.01. The van der Waals surface area contributed by atoms with Gasteiger partial charge in [0.05, 0.1) is 18.1 Å². The fourth-order valence-electron chi connectivity index (χ4n) is 1.81. The van der Waals surface area contributed by atoms with Gasteiger partial charge in [-0.15, -0.1) is 0 Å². The summed E-state index contributed by atoms with van der Waals surface area (Å²) in [6, 6.07) is 10.1. The molecule has 0 amide bonds. The number of hydrogen-bond acceptors (Lipinski definition) is 4. The summed E-state index contributed by atoms with van der Waals surface area (Å²) in [7, 11) is 1.47. The Hall–Kier alpha value is -1.79. The number of nitro benzene ring substituents is 1. The molecule has 0 bridgehead atoms. The Bertz CT molecular complexity index is 679. The molecule has 0 heterocycles. The molecular formula is C14H12BrClN2O3. The SMILES string of the molecule is COc1ccc(NCc2cc(Cl)ccc2Br)c([N+](=O)[O-])c1. The second kappa shape index (κ2) is 6.78. The van der Waals surface area contributed by atoms with E-state index in [4.69, 9.17) is 16.3 Å². The Morgan fingerprint density at radius 2 is 2.10 bits per heavy atom. The highest BCUT2D eigenvalue weighted by atomic mass is 79.9. The molecule has 0 atom stereocenters. The van der Waals surface area contributed by atoms with Gasteiger partial charge in [-0.05, 0) is 35.9 Å². The molecule has 1 N–H and O–H groups in total. The Kier molecular flexibility index (Phi) is 5.03. The summed E-state index contributed by atoms with van der Waals surface area (Å²) < 4.78 is 5.89. The molecular weight excluding hydrogens is 360 g/mol. The third-order valence-corrected chi connectivity index (χ3v) is 3.89. The molecule has 0 radical (unpaired) electrons. The number of ether oxygens (including phenoxy) is 1. The van der Waals surface area contributed by atoms with Crippen molar-refractivity contribution in [2.45, 2.75) is 6.54 Å². The number of rotatable bonds is 5. The first kappa shape index (κ1) is 15.6. The molecule has 0 unspecified atom stereocenters. The van der Waals surface area contributed by atoms with Crippen LogP contribution in [0.15, 0.2) is 40.9 Å². The van der Waals surface area contributed by atoms with Crippen molar-refractivity contribution in [3.8, 4) is 5.75 Å². The average Bonchev–Trinajstić information content (AvgIpc) is 2.48. The van der Waals surface area contributed by atoms with Crippen molar-refractivity contribution in [3.63, 3.8) is 0 Å². The van der Waals surface area contributed by atoms with Gasteiger partial charge in [-0.1, -0.05) is 27.5 Å². The first-order valence-corrected chi connectivity index (χ1v) is 7.18. The number of methoxy groups -OCH3 is 1. The van der Waals surface area contributed by atoms with Crippen LogP contribution in [0.25, 0.3) is 0 Å². The molecule has 0 aliphatic rings. The number of nitrogens with zero attached hydrogens (tertiary/aromatic N) is 1. The normalized spacial score (nSPS) is 10.2. The van der Waals surface area contributed by atoms with Crippen LogP contribution in [-0.2, 0) is 6.54 Å². The third kappa shape index (κ3) is 3.86. The zero-order valence-electron chi connectivity index (χ0n) is 11.1. The van der Waals surface area contributed by atoms with E-state index >= 15 is 0 Å². The number of nitro groups is 1. The molecule has 0 fully saturated rings. The summed E-state index contributed by atoms with van der Waals surface area (Å²) in [5, 5.41) is 14.8. The number of hydrogen-bond donors (Lipinski definition) is 1. The van der Waals surface area contributed by atoms with E-state index in [1.807, 2.05) is 6.07 Å². The number of anilines is 1. The molecule has 0 aliphatic carbocycles. The summed E-state index contributed by atoms with van der Waals surface area (Å²) in [6.07, 6.45) is 0. The number of nitrogens with one attached hydrogen (secondary N) is 1. The molecule has 0 saturated carbocycles. The molecule has 0 aliphatic heterocycles. The van der Waals surface area contributed by atoms with Crippen LogP contribution in [0.5, 0.6) is 5.75 Å². The van der Waals surface area contributed by atoms with Crippen molar-refractivity contribution in [3.05, 3.63) is 61.6 Å². The first-order chi connectivity index (χ1) is 10.0. The van der Waals surface area contributed by atoms with E-state index in [9.17, 15) is 10.1 Å². The monoisotopic (exact) mass is 370 g/mol. The predicted octanol–water partition coefficient (Wildman–Crippen LogP) is 4.63. The molecule has 0 spiro atoms. The zero-order chi connectivity index (χ0) is 15.4. The number of benzene rings is 2. The topological polar surface area (TPSA) is 64.4 Å². The van der Waals surface area contributed by atoms with Gasteiger partial charge in [-0.3, -0.25) is 10.1 Å². The predicted molar refractivity (Wildman–Crippen MR) is 86.1 cm³/mol. The van der Waals surface area contributed by atoms with E-state index < -0.39 is 4.92 Å². The van der Waals surface area contributed by atoms with Crippen LogP contribution in [0, 0.1) is 10.1 Å². The standard InChI is InChI=1S/C14H12BrClN2O3/c1-21-11-3-5-13(14(7-11)18(19)20)17-8-9-6-10(16)2-4-12(9)15/h2-7,17H,8H2,1H3. The van der Waals surface area contributed by atoms with Crippen LogP contribution in [0.4, 0.5) is 11.4 Å². The van der Waals surface area contributed by atoms with Crippen LogP contribution in [0.2, 0.25) is 5.02 Å². The summed E-state index contributed by atoms with van der Waals surface area (Å²) in [5.41, 5.74) is 1.30. The maximum absolute atomic E-state index is 11.1. The van der Waals surface area contributed by atoms with Crippen molar-refractivity contribution in [1.82, 2.24) is 0 Å². The lowest BCUT2D eigenvalue weighted by atomic mass is 10.2. The van der Waals surface area contributed by atoms with Crippen molar-refractivity contribution >= 4 is 38.9 Å². The Morgan fingerprint density at radius 1 is 1.33 bits per heavy atom. The number of halogens is 2. The van der Waals surface area contributed by atoms with Crippen LogP contribution in [-0.4, -0.2) is 12.0 Å². The van der Waals surface area contributed by atoms with E-state index in [1.54, 1.807) is 24.3 Å². The maximum Gasteiger partial charge on any atom is 0.296 e. The molecule has 2 aromatic carbocycles. The molecule has 21 heavy (non-hydrogen) atoms. The largest absolute Gasteiger partial charge is 0.496 e. The van der Waals surface area contributed by atoms with Gasteiger partial charge in [0.2, 0.25) is 0 Å². The molecule has 2 rings (SSSR count). The van der Waals surface area contributed by atoms with Gasteiger partial charge in [0, 0.05) is 16.0 Å². The highest BCUT2D eigenvalue weighted by Crippen LogP contribution is 2.30. The fraction of sp³-hybridized carbons (Fsp3) is 0.143. The van der Waals surface area contributed by atoms with E-state index in [1.165, 1.54) is 13.2 Å². The highest BCUT2D eigenvalue weighted by molar-refractivity contribution is 9.10. The summed E-state index contributed by atoms with van der Waals surface area (Å²) in [6.45, 7) is 0.411. The van der Waals surface area contributed by atoms with E-state index in [-0.39, 0.29) is 5.69 Å². The van der Waals surface area contributed by atoms with Crippen molar-refractivity contribution in [2.24, 2.45) is 0 Å². The Balaban J connectivity index is 2.23. The van der Waals surface area contributed by atoms with Gasteiger partial charge in [0.25, 0.3) is 5.69 Å². The van der Waals surface area contributed by atoms with Crippen LogP contribution < -0.4 is 10.1 Å². The quantitative estimate of drug-likeness (QED) is 0.614. The van der Waals surface area contributed by atoms with Gasteiger partial charge >= 0.3 is 0 Å². The molecule has 2 aromatic rings. The van der Waals surface area contributed by atoms with Crippen molar-refractivity contribution in [1.29, 1.82) is 0 Å². The lowest BCUT2D eigenvalue weighted by Crippen LogP contribution is -2.03. The molecule has 5 nitrogen and oxygen atoms in total. The maximum atomic E-state index is 11.1. The average molecular weight is 372 g/mol. The van der Waals surface area contributed by atoms with Gasteiger partial charge in [-0.2, -0.15) is 0 Å². The Labute approximate surface area is 135 Å². The minimum atomic E-state index is -0.447. The van der Waals surface area contributed by atoms with E-state index in [0.29, 0.717) is 23.0 Å². The summed E-state index contributed by atoms with van der Waals surface area (Å²) >= 11 is 9.37. The minimum absolute atomic E-state index is 0.0347. The molecule has 7 heteroatoms. The highest BCUT2D eigenvalue weighted by Gasteiger charge is 2.15. The third-order valence-electron chi connectivity index (χ3n) is 2.88. The van der Waals surface area contributed by atoms with Crippen LogP contribution in [0.1, 0.15) is 5.56 Å². The second-order valence-corrected chi connectivity index (χ2v) is 5.52. The van der Waals surface area contributed by atoms with Gasteiger partial charge in [0.15, 0.2) is 0 Å². The van der Waals surface area contributed by atoms with E-state index in [2.05, 4.69) is 21.2 Å². The second-order valence-electron chi connectivity index (χ2n) is 4.23. The molecule has 0 aromatic heterocycles. The minimum Gasteiger partial charge on any atom is -0.496 e. The van der Waals surface area contributed by atoms with Crippen LogP contribution >= 0.6 is 27.5 Å². The van der Waals surface area contributed by atoms with Gasteiger partial charge in [-0.25, -0.2) is 0 Å². The summed E-state index contributed by atoms with van der Waals surface area (Å²) in [4.78, 5) is 10.7.